The molecule has 2 bridgehead atoms. The van der Waals surface area contributed by atoms with E-state index in [0.29, 0.717) is 12.0 Å². The molecule has 7 unspecified atom stereocenters. The standard InChI is InChI=1S/C17H19NO3/c1-18-7-6-17-10-3-5-13(20)16(17)21-15-12(19)4-2-9(14(15)17)8-11(10)18/h2-5,8,10-11,13-16,20H,6-7H2,1H3. The van der Waals surface area contributed by atoms with Crippen LogP contribution in [0.3, 0.4) is 0 Å². The van der Waals surface area contributed by atoms with Gasteiger partial charge >= 0.3 is 0 Å². The molecule has 2 heterocycles. The van der Waals surface area contributed by atoms with Gasteiger partial charge in [-0.25, -0.2) is 0 Å². The maximum absolute atomic E-state index is 12.3. The highest BCUT2D eigenvalue weighted by atomic mass is 16.5. The average Bonchev–Trinajstić information content (AvgIpc) is 2.83. The van der Waals surface area contributed by atoms with Gasteiger partial charge in [0.2, 0.25) is 0 Å². The maximum Gasteiger partial charge on any atom is 0.185 e. The van der Waals surface area contributed by atoms with Crippen LogP contribution >= 0.6 is 0 Å². The van der Waals surface area contributed by atoms with E-state index in [0.717, 1.165) is 13.0 Å². The number of likely N-dealkylation sites (N-methyl/N-ethyl adjacent to an activating group) is 1. The molecule has 5 rings (SSSR count). The first-order valence-electron chi connectivity index (χ1n) is 7.78. The molecule has 0 radical (unpaired) electrons. The molecule has 0 saturated carbocycles. The molecule has 4 nitrogen and oxygen atoms in total. The Morgan fingerprint density at radius 3 is 3.10 bits per heavy atom. The summed E-state index contributed by atoms with van der Waals surface area (Å²) >= 11 is 0. The summed E-state index contributed by atoms with van der Waals surface area (Å²) in [5.41, 5.74) is 1.12. The summed E-state index contributed by atoms with van der Waals surface area (Å²) < 4.78 is 6.12. The van der Waals surface area contributed by atoms with Crippen LogP contribution < -0.4 is 0 Å². The van der Waals surface area contributed by atoms with Crippen molar-refractivity contribution in [2.45, 2.75) is 30.8 Å². The molecule has 21 heavy (non-hydrogen) atoms. The number of carbonyl (C=O) groups is 1. The van der Waals surface area contributed by atoms with Crippen LogP contribution in [0, 0.1) is 17.3 Å². The maximum atomic E-state index is 12.3. The second-order valence-corrected chi connectivity index (χ2v) is 7.09. The van der Waals surface area contributed by atoms with Crippen molar-refractivity contribution in [3.63, 3.8) is 0 Å². The van der Waals surface area contributed by atoms with Gasteiger partial charge in [0.1, 0.15) is 6.10 Å². The highest BCUT2D eigenvalue weighted by Gasteiger charge is 2.68. The third-order valence-corrected chi connectivity index (χ3v) is 6.37. The van der Waals surface area contributed by atoms with E-state index in [9.17, 15) is 9.90 Å². The smallest absolute Gasteiger partial charge is 0.185 e. The van der Waals surface area contributed by atoms with Gasteiger partial charge in [0.25, 0.3) is 0 Å². The van der Waals surface area contributed by atoms with E-state index in [-0.39, 0.29) is 23.2 Å². The molecule has 3 aliphatic carbocycles. The number of hydrogen-bond acceptors (Lipinski definition) is 4. The summed E-state index contributed by atoms with van der Waals surface area (Å²) in [7, 11) is 2.16. The summed E-state index contributed by atoms with van der Waals surface area (Å²) in [6.45, 7) is 0.993. The van der Waals surface area contributed by atoms with Gasteiger partial charge in [0.05, 0.1) is 12.2 Å². The Hall–Kier alpha value is -1.23. The van der Waals surface area contributed by atoms with Crippen molar-refractivity contribution in [2.24, 2.45) is 17.3 Å². The van der Waals surface area contributed by atoms with Gasteiger partial charge in [-0.3, -0.25) is 9.69 Å². The number of hydrogen-bond donors (Lipinski definition) is 1. The summed E-state index contributed by atoms with van der Waals surface area (Å²) in [6, 6.07) is 0.344. The number of aliphatic hydroxyl groups excluding tert-OH is 1. The van der Waals surface area contributed by atoms with Gasteiger partial charge in [-0.05, 0) is 31.7 Å². The van der Waals surface area contributed by atoms with E-state index in [1.807, 2.05) is 12.2 Å². The Balaban J connectivity index is 1.79. The van der Waals surface area contributed by atoms with Gasteiger partial charge in [0.15, 0.2) is 5.78 Å². The first kappa shape index (κ1) is 12.3. The van der Waals surface area contributed by atoms with Crippen molar-refractivity contribution in [2.75, 3.05) is 13.6 Å². The third kappa shape index (κ3) is 1.26. The topological polar surface area (TPSA) is 49.8 Å². The lowest BCUT2D eigenvalue weighted by molar-refractivity contribution is -0.130. The number of rotatable bonds is 0. The van der Waals surface area contributed by atoms with Crippen LogP contribution in [0.4, 0.5) is 0 Å². The highest BCUT2D eigenvalue weighted by molar-refractivity contribution is 5.96. The van der Waals surface area contributed by atoms with Gasteiger partial charge in [-0.2, -0.15) is 0 Å². The largest absolute Gasteiger partial charge is 0.386 e. The fourth-order valence-electron chi connectivity index (χ4n) is 5.50. The predicted octanol–water partition coefficient (Wildman–Crippen LogP) is 0.686. The van der Waals surface area contributed by atoms with E-state index in [2.05, 4.69) is 24.1 Å². The first-order valence-corrected chi connectivity index (χ1v) is 7.78. The van der Waals surface area contributed by atoms with E-state index in [1.54, 1.807) is 6.08 Å². The summed E-state index contributed by atoms with van der Waals surface area (Å²) in [4.78, 5) is 14.7. The lowest BCUT2D eigenvalue weighted by atomic mass is 9.50. The van der Waals surface area contributed by atoms with Gasteiger partial charge in [0, 0.05) is 23.3 Å². The number of allylic oxidation sites excluding steroid dienone is 1. The molecule has 0 aromatic heterocycles. The zero-order chi connectivity index (χ0) is 14.4. The lowest BCUT2D eigenvalue weighted by Crippen LogP contribution is -2.63. The monoisotopic (exact) mass is 285 g/mol. The van der Waals surface area contributed by atoms with Gasteiger partial charge < -0.3 is 9.84 Å². The molecule has 110 valence electrons. The molecule has 0 aromatic rings. The molecular weight excluding hydrogens is 266 g/mol. The molecule has 2 saturated heterocycles. The number of piperidine rings is 1. The highest BCUT2D eigenvalue weighted by Crippen LogP contribution is 2.63. The number of ketones is 1. The minimum Gasteiger partial charge on any atom is -0.386 e. The Bertz CT molecular complexity index is 622. The number of ether oxygens (including phenoxy) is 1. The van der Waals surface area contributed by atoms with Crippen LogP contribution in [0.5, 0.6) is 0 Å². The van der Waals surface area contributed by atoms with Crippen LogP contribution in [0.2, 0.25) is 0 Å². The second-order valence-electron chi connectivity index (χ2n) is 7.09. The Morgan fingerprint density at radius 1 is 1.38 bits per heavy atom. The summed E-state index contributed by atoms with van der Waals surface area (Å²) in [6.07, 6.45) is 9.73. The third-order valence-electron chi connectivity index (χ3n) is 6.37. The molecule has 1 N–H and O–H groups in total. The average molecular weight is 285 g/mol. The van der Waals surface area contributed by atoms with E-state index in [4.69, 9.17) is 4.74 Å². The molecule has 5 aliphatic rings. The van der Waals surface area contributed by atoms with Gasteiger partial charge in [-0.15, -0.1) is 0 Å². The summed E-state index contributed by atoms with van der Waals surface area (Å²) in [5, 5.41) is 10.4. The first-order chi connectivity index (χ1) is 10.1. The van der Waals surface area contributed by atoms with E-state index >= 15 is 0 Å². The fraction of sp³-hybridized carbons (Fsp3) is 0.588. The quantitative estimate of drug-likeness (QED) is 0.665. The minimum atomic E-state index is -0.594. The SMILES string of the molecule is CN1CCC23C4C=CC(O)C2OC2C(=O)C=CC(=CC41)C23. The second kappa shape index (κ2) is 3.75. The van der Waals surface area contributed by atoms with E-state index in [1.165, 1.54) is 5.57 Å². The Labute approximate surface area is 123 Å². The van der Waals surface area contributed by atoms with E-state index < -0.39 is 12.2 Å². The number of aliphatic hydroxyl groups is 1. The molecule has 2 fully saturated rings. The summed E-state index contributed by atoms with van der Waals surface area (Å²) in [5.74, 6) is 0.515. The molecule has 0 amide bonds. The predicted molar refractivity (Wildman–Crippen MR) is 76.5 cm³/mol. The number of nitrogens with zero attached hydrogens (tertiary/aromatic N) is 1. The fourth-order valence-corrected chi connectivity index (χ4v) is 5.50. The Morgan fingerprint density at radius 2 is 2.24 bits per heavy atom. The van der Waals surface area contributed by atoms with Crippen molar-refractivity contribution in [1.82, 2.24) is 4.90 Å². The van der Waals surface area contributed by atoms with Crippen molar-refractivity contribution in [3.05, 3.63) is 36.0 Å². The van der Waals surface area contributed by atoms with Gasteiger partial charge in [-0.1, -0.05) is 24.3 Å². The van der Waals surface area contributed by atoms with Crippen LogP contribution in [0.1, 0.15) is 6.42 Å². The Kier molecular flexibility index (Phi) is 2.20. The van der Waals surface area contributed by atoms with Crippen LogP contribution in [-0.2, 0) is 9.53 Å². The zero-order valence-corrected chi connectivity index (χ0v) is 12.0. The lowest BCUT2D eigenvalue weighted by Gasteiger charge is -2.58. The normalized spacial score (nSPS) is 53.6. The molecule has 7 atom stereocenters. The molecule has 4 heteroatoms. The molecule has 0 aromatic carbocycles. The number of carbonyl (C=O) groups excluding carboxylic acids is 1. The minimum absolute atomic E-state index is 0.0595. The van der Waals surface area contributed by atoms with Crippen molar-refractivity contribution >= 4 is 5.78 Å². The molecule has 1 spiro atoms. The molecular formula is C17H19NO3. The molecule has 2 aliphatic heterocycles. The van der Waals surface area contributed by atoms with Crippen LogP contribution in [0.15, 0.2) is 36.0 Å². The number of likely N-dealkylation sites (tertiary alicyclic amines) is 1. The zero-order valence-electron chi connectivity index (χ0n) is 12.0. The van der Waals surface area contributed by atoms with Crippen molar-refractivity contribution in [1.29, 1.82) is 0 Å². The van der Waals surface area contributed by atoms with Crippen molar-refractivity contribution in [3.8, 4) is 0 Å². The van der Waals surface area contributed by atoms with Crippen molar-refractivity contribution < 1.29 is 14.6 Å². The van der Waals surface area contributed by atoms with Crippen LogP contribution in [-0.4, -0.2) is 53.7 Å². The van der Waals surface area contributed by atoms with Crippen LogP contribution in [0.25, 0.3) is 0 Å².